The summed E-state index contributed by atoms with van der Waals surface area (Å²) in [6.45, 7) is 2.00. The molecule has 0 bridgehead atoms. The van der Waals surface area contributed by atoms with Gasteiger partial charge in [0, 0.05) is 6.07 Å². The molecule has 0 spiro atoms. The molecular formula is C10H9N7O3S. The van der Waals surface area contributed by atoms with Gasteiger partial charge in [0.2, 0.25) is 4.96 Å². The standard InChI is InChI=1S/C10H9N7O3S/c1-2-20-9(19)8-13-14-15-16(8)4-6-3-7(18)17-10(12-6)21-5-11-17/h3,5H,2,4H2,1H3. The SMILES string of the molecule is CCOC(=O)c1nnnn1Cc1cc(=O)n2ncsc2n1. The monoisotopic (exact) mass is 307 g/mol. The van der Waals surface area contributed by atoms with E-state index in [0.717, 1.165) is 0 Å². The molecule has 0 amide bonds. The smallest absolute Gasteiger partial charge is 0.378 e. The summed E-state index contributed by atoms with van der Waals surface area (Å²) < 4.78 is 7.28. The Bertz CT molecular complexity index is 852. The quantitative estimate of drug-likeness (QED) is 0.584. The summed E-state index contributed by atoms with van der Waals surface area (Å²) in [6.07, 6.45) is 0. The van der Waals surface area contributed by atoms with Gasteiger partial charge in [-0.1, -0.05) is 11.3 Å². The van der Waals surface area contributed by atoms with Crippen molar-refractivity contribution >= 4 is 22.3 Å². The van der Waals surface area contributed by atoms with Gasteiger partial charge < -0.3 is 4.74 Å². The lowest BCUT2D eigenvalue weighted by molar-refractivity contribution is 0.0505. The number of ether oxygens (including phenoxy) is 1. The number of nitrogens with zero attached hydrogens (tertiary/aromatic N) is 7. The van der Waals surface area contributed by atoms with Gasteiger partial charge >= 0.3 is 5.97 Å². The van der Waals surface area contributed by atoms with Crippen LogP contribution in [0.2, 0.25) is 0 Å². The van der Waals surface area contributed by atoms with Gasteiger partial charge in [0.15, 0.2) is 0 Å². The highest BCUT2D eigenvalue weighted by atomic mass is 32.1. The summed E-state index contributed by atoms with van der Waals surface area (Å²) in [5, 5.41) is 14.6. The summed E-state index contributed by atoms with van der Waals surface area (Å²) in [5.41, 5.74) is 1.65. The Hall–Kier alpha value is -2.69. The molecule has 0 aliphatic heterocycles. The molecule has 0 saturated heterocycles. The highest BCUT2D eigenvalue weighted by Gasteiger charge is 2.17. The third kappa shape index (κ3) is 2.50. The molecule has 10 nitrogen and oxygen atoms in total. The lowest BCUT2D eigenvalue weighted by Gasteiger charge is -2.03. The zero-order valence-corrected chi connectivity index (χ0v) is 11.6. The summed E-state index contributed by atoms with van der Waals surface area (Å²) in [7, 11) is 0. The van der Waals surface area contributed by atoms with Crippen molar-refractivity contribution in [1.82, 2.24) is 34.8 Å². The molecule has 0 aliphatic rings. The number of hydrogen-bond acceptors (Lipinski definition) is 9. The second-order valence-electron chi connectivity index (χ2n) is 3.90. The second kappa shape index (κ2) is 5.36. The fraction of sp³-hybridized carbons (Fsp3) is 0.300. The number of rotatable bonds is 4. The van der Waals surface area contributed by atoms with E-state index in [-0.39, 0.29) is 24.5 Å². The Morgan fingerprint density at radius 1 is 1.48 bits per heavy atom. The number of esters is 1. The normalized spacial score (nSPS) is 10.9. The molecule has 3 rings (SSSR count). The molecule has 21 heavy (non-hydrogen) atoms. The average Bonchev–Trinajstić information content (AvgIpc) is 3.08. The predicted molar refractivity (Wildman–Crippen MR) is 70.0 cm³/mol. The fourth-order valence-electron chi connectivity index (χ4n) is 1.69. The van der Waals surface area contributed by atoms with Crippen LogP contribution < -0.4 is 5.56 Å². The van der Waals surface area contributed by atoms with Crippen molar-refractivity contribution in [2.75, 3.05) is 6.61 Å². The second-order valence-corrected chi connectivity index (χ2v) is 4.71. The van der Waals surface area contributed by atoms with Crippen molar-refractivity contribution in [3.8, 4) is 0 Å². The molecule has 0 aromatic carbocycles. The molecule has 3 aromatic rings. The van der Waals surface area contributed by atoms with E-state index in [9.17, 15) is 9.59 Å². The van der Waals surface area contributed by atoms with Crippen LogP contribution in [0.5, 0.6) is 0 Å². The van der Waals surface area contributed by atoms with E-state index in [1.54, 1.807) is 6.92 Å². The molecule has 0 atom stereocenters. The van der Waals surface area contributed by atoms with Crippen molar-refractivity contribution in [3.63, 3.8) is 0 Å². The number of carbonyl (C=O) groups excluding carboxylic acids is 1. The molecular weight excluding hydrogens is 298 g/mol. The minimum absolute atomic E-state index is 0.0387. The number of tetrazole rings is 1. The van der Waals surface area contributed by atoms with Gasteiger partial charge in [-0.05, 0) is 17.4 Å². The fourth-order valence-corrected chi connectivity index (χ4v) is 2.33. The number of aromatic nitrogens is 7. The maximum atomic E-state index is 11.8. The summed E-state index contributed by atoms with van der Waals surface area (Å²) in [4.78, 5) is 28.2. The van der Waals surface area contributed by atoms with Gasteiger partial charge in [-0.25, -0.2) is 14.5 Å². The van der Waals surface area contributed by atoms with Crippen LogP contribution in [0.1, 0.15) is 23.2 Å². The Kier molecular flexibility index (Phi) is 3.39. The summed E-state index contributed by atoms with van der Waals surface area (Å²) >= 11 is 1.24. The van der Waals surface area contributed by atoms with Gasteiger partial charge in [0.25, 0.3) is 11.4 Å². The Morgan fingerprint density at radius 3 is 3.14 bits per heavy atom. The van der Waals surface area contributed by atoms with Crippen molar-refractivity contribution in [2.45, 2.75) is 13.5 Å². The van der Waals surface area contributed by atoms with Crippen LogP contribution in [0.3, 0.4) is 0 Å². The predicted octanol–water partition coefficient (Wildman–Crippen LogP) is -0.637. The van der Waals surface area contributed by atoms with E-state index in [0.29, 0.717) is 10.7 Å². The molecule has 0 N–H and O–H groups in total. The van der Waals surface area contributed by atoms with E-state index in [2.05, 4.69) is 25.6 Å². The largest absolute Gasteiger partial charge is 0.460 e. The van der Waals surface area contributed by atoms with Gasteiger partial charge in [-0.3, -0.25) is 4.79 Å². The molecule has 108 valence electrons. The molecule has 0 saturated carbocycles. The first-order valence-corrected chi connectivity index (χ1v) is 6.82. The van der Waals surface area contributed by atoms with Crippen LogP contribution in [0, 0.1) is 0 Å². The number of carbonyl (C=O) groups is 1. The van der Waals surface area contributed by atoms with Crippen LogP contribution in [-0.2, 0) is 11.3 Å². The lowest BCUT2D eigenvalue weighted by Crippen LogP contribution is -2.19. The first kappa shape index (κ1) is 13.3. The maximum Gasteiger partial charge on any atom is 0.378 e. The molecule has 3 heterocycles. The molecule has 3 aromatic heterocycles. The van der Waals surface area contributed by atoms with Crippen molar-refractivity contribution in [2.24, 2.45) is 0 Å². The van der Waals surface area contributed by atoms with E-state index < -0.39 is 5.97 Å². The van der Waals surface area contributed by atoms with E-state index in [1.165, 1.54) is 32.1 Å². The third-order valence-corrected chi connectivity index (χ3v) is 3.22. The lowest BCUT2D eigenvalue weighted by atomic mass is 10.4. The molecule has 0 radical (unpaired) electrons. The molecule has 0 aliphatic carbocycles. The van der Waals surface area contributed by atoms with Crippen LogP contribution in [-0.4, -0.2) is 47.4 Å². The first-order valence-electron chi connectivity index (χ1n) is 5.94. The zero-order valence-electron chi connectivity index (χ0n) is 10.8. The minimum Gasteiger partial charge on any atom is -0.460 e. The van der Waals surface area contributed by atoms with E-state index >= 15 is 0 Å². The number of hydrogen-bond donors (Lipinski definition) is 0. The highest BCUT2D eigenvalue weighted by Crippen LogP contribution is 2.06. The van der Waals surface area contributed by atoms with Crippen molar-refractivity contribution in [1.29, 1.82) is 0 Å². The van der Waals surface area contributed by atoms with Crippen LogP contribution in [0.15, 0.2) is 16.4 Å². The highest BCUT2D eigenvalue weighted by molar-refractivity contribution is 7.14. The zero-order chi connectivity index (χ0) is 14.8. The average molecular weight is 307 g/mol. The molecule has 0 fully saturated rings. The minimum atomic E-state index is -0.627. The van der Waals surface area contributed by atoms with Crippen molar-refractivity contribution < 1.29 is 9.53 Å². The Balaban J connectivity index is 1.94. The van der Waals surface area contributed by atoms with Gasteiger partial charge in [0.1, 0.15) is 5.51 Å². The van der Waals surface area contributed by atoms with Crippen LogP contribution >= 0.6 is 11.3 Å². The Labute approximate surface area is 121 Å². The van der Waals surface area contributed by atoms with Gasteiger partial charge in [0.05, 0.1) is 18.8 Å². The topological polar surface area (TPSA) is 117 Å². The third-order valence-electron chi connectivity index (χ3n) is 2.54. The van der Waals surface area contributed by atoms with Crippen molar-refractivity contribution in [3.05, 3.63) is 33.4 Å². The number of fused-ring (bicyclic) bond motifs is 1. The van der Waals surface area contributed by atoms with Crippen LogP contribution in [0.4, 0.5) is 0 Å². The maximum absolute atomic E-state index is 11.8. The summed E-state index contributed by atoms with van der Waals surface area (Å²) in [6, 6.07) is 1.32. The first-order chi connectivity index (χ1) is 10.2. The molecule has 11 heteroatoms. The van der Waals surface area contributed by atoms with E-state index in [1.807, 2.05) is 0 Å². The molecule has 0 unspecified atom stereocenters. The Morgan fingerprint density at radius 2 is 2.33 bits per heavy atom. The van der Waals surface area contributed by atoms with E-state index in [4.69, 9.17) is 4.74 Å². The van der Waals surface area contributed by atoms with Gasteiger partial charge in [-0.2, -0.15) is 9.61 Å². The van der Waals surface area contributed by atoms with Gasteiger partial charge in [-0.15, -0.1) is 5.10 Å². The summed E-state index contributed by atoms with van der Waals surface area (Å²) in [5.74, 6) is -0.666. The van der Waals surface area contributed by atoms with Crippen LogP contribution in [0.25, 0.3) is 4.96 Å².